The van der Waals surface area contributed by atoms with Crippen LogP contribution in [0, 0.1) is 5.82 Å². The highest BCUT2D eigenvalue weighted by Crippen LogP contribution is 2.23. The molecule has 2 aromatic rings. The Labute approximate surface area is 124 Å². The molecule has 2 rings (SSSR count). The Kier molecular flexibility index (Phi) is 5.33. The average molecular weight is 291 g/mol. The van der Waals surface area contributed by atoms with Gasteiger partial charge in [0.15, 0.2) is 11.6 Å². The highest BCUT2D eigenvalue weighted by Gasteiger charge is 2.10. The molecule has 1 heterocycles. The third-order valence-corrected chi connectivity index (χ3v) is 3.14. The van der Waals surface area contributed by atoms with Crippen molar-refractivity contribution in [1.82, 2.24) is 15.1 Å². The summed E-state index contributed by atoms with van der Waals surface area (Å²) in [5.74, 6) is 0.0267. The number of aromatic nitrogens is 2. The highest BCUT2D eigenvalue weighted by molar-refractivity contribution is 5.35. The van der Waals surface area contributed by atoms with Crippen molar-refractivity contribution in [2.24, 2.45) is 7.05 Å². The van der Waals surface area contributed by atoms with E-state index in [-0.39, 0.29) is 5.82 Å². The molecule has 0 aliphatic carbocycles. The van der Waals surface area contributed by atoms with E-state index >= 15 is 0 Å². The van der Waals surface area contributed by atoms with Crippen molar-refractivity contribution < 1.29 is 9.13 Å². The van der Waals surface area contributed by atoms with Crippen molar-refractivity contribution in [1.29, 1.82) is 0 Å². The Balaban J connectivity index is 1.97. The lowest BCUT2D eigenvalue weighted by Gasteiger charge is -2.14. The van der Waals surface area contributed by atoms with Crippen molar-refractivity contribution in [3.05, 3.63) is 47.5 Å². The van der Waals surface area contributed by atoms with Crippen LogP contribution in [-0.4, -0.2) is 22.4 Å². The van der Waals surface area contributed by atoms with E-state index in [4.69, 9.17) is 4.74 Å². The number of aryl methyl sites for hydroxylation is 1. The Hall–Kier alpha value is -1.88. The summed E-state index contributed by atoms with van der Waals surface area (Å²) in [5, 5.41) is 7.38. The molecule has 1 aromatic carbocycles. The Morgan fingerprint density at radius 3 is 2.86 bits per heavy atom. The fourth-order valence-corrected chi connectivity index (χ4v) is 2.04. The van der Waals surface area contributed by atoms with Gasteiger partial charge >= 0.3 is 0 Å². The maximum atomic E-state index is 13.9. The van der Waals surface area contributed by atoms with Gasteiger partial charge in [-0.15, -0.1) is 0 Å². The average Bonchev–Trinajstić information content (AvgIpc) is 2.84. The lowest BCUT2D eigenvalue weighted by Crippen LogP contribution is -2.22. The van der Waals surface area contributed by atoms with Crippen LogP contribution in [-0.2, 0) is 20.0 Å². The molecule has 0 saturated carbocycles. The lowest BCUT2D eigenvalue weighted by molar-refractivity contribution is 0.300. The third kappa shape index (κ3) is 4.56. The standard InChI is InChI=1S/C16H22FN3O/c1-12(2)18-10-14-5-4-6-15(17)16(14)21-8-7-13-9-19-20(3)11-13/h4-6,9,11-12,18H,7-8,10H2,1-3H3. The zero-order chi connectivity index (χ0) is 15.2. The summed E-state index contributed by atoms with van der Waals surface area (Å²) < 4.78 is 21.3. The van der Waals surface area contributed by atoms with E-state index in [0.717, 1.165) is 11.1 Å². The molecule has 0 aliphatic rings. The maximum Gasteiger partial charge on any atom is 0.165 e. The number of rotatable bonds is 7. The number of ether oxygens (including phenoxy) is 1. The second-order valence-electron chi connectivity index (χ2n) is 5.38. The molecule has 5 heteroatoms. The number of benzene rings is 1. The Morgan fingerprint density at radius 2 is 2.19 bits per heavy atom. The number of hydrogen-bond donors (Lipinski definition) is 1. The topological polar surface area (TPSA) is 39.1 Å². The molecule has 0 saturated heterocycles. The molecule has 0 aliphatic heterocycles. The van der Waals surface area contributed by atoms with Crippen LogP contribution in [0.5, 0.6) is 5.75 Å². The molecule has 1 N–H and O–H groups in total. The molecule has 1 aromatic heterocycles. The number of nitrogens with one attached hydrogen (secondary N) is 1. The summed E-state index contributed by atoms with van der Waals surface area (Å²) in [6.45, 7) is 5.14. The van der Waals surface area contributed by atoms with E-state index in [2.05, 4.69) is 24.3 Å². The van der Waals surface area contributed by atoms with Gasteiger partial charge in [-0.1, -0.05) is 26.0 Å². The first kappa shape index (κ1) is 15.5. The van der Waals surface area contributed by atoms with E-state index < -0.39 is 0 Å². The van der Waals surface area contributed by atoms with Gasteiger partial charge < -0.3 is 10.1 Å². The van der Waals surface area contributed by atoms with Gasteiger partial charge in [0.05, 0.1) is 12.8 Å². The number of halogens is 1. The molecule has 114 valence electrons. The largest absolute Gasteiger partial charge is 0.490 e. The fraction of sp³-hybridized carbons (Fsp3) is 0.438. The lowest BCUT2D eigenvalue weighted by atomic mass is 10.2. The smallest absolute Gasteiger partial charge is 0.165 e. The monoisotopic (exact) mass is 291 g/mol. The number of nitrogens with zero attached hydrogens (tertiary/aromatic N) is 2. The first-order chi connectivity index (χ1) is 10.1. The molecule has 4 nitrogen and oxygen atoms in total. The quantitative estimate of drug-likeness (QED) is 0.852. The summed E-state index contributed by atoms with van der Waals surface area (Å²) in [6, 6.07) is 5.37. The van der Waals surface area contributed by atoms with Gasteiger partial charge in [-0.3, -0.25) is 4.68 Å². The van der Waals surface area contributed by atoms with Crippen LogP contribution < -0.4 is 10.1 Å². The highest BCUT2D eigenvalue weighted by atomic mass is 19.1. The van der Waals surface area contributed by atoms with E-state index in [9.17, 15) is 4.39 Å². The van der Waals surface area contributed by atoms with E-state index in [1.807, 2.05) is 19.3 Å². The molecular weight excluding hydrogens is 269 g/mol. The first-order valence-corrected chi connectivity index (χ1v) is 7.17. The predicted octanol–water partition coefficient (Wildman–Crippen LogP) is 2.68. The number of para-hydroxylation sites is 1. The summed E-state index contributed by atoms with van der Waals surface area (Å²) in [6.07, 6.45) is 4.44. The van der Waals surface area contributed by atoms with E-state index in [1.165, 1.54) is 6.07 Å². The van der Waals surface area contributed by atoms with Crippen molar-refractivity contribution in [3.63, 3.8) is 0 Å². The molecule has 0 fully saturated rings. The predicted molar refractivity (Wildman–Crippen MR) is 80.8 cm³/mol. The summed E-state index contributed by atoms with van der Waals surface area (Å²) in [5.41, 5.74) is 1.92. The van der Waals surface area contributed by atoms with Gasteiger partial charge in [0, 0.05) is 37.8 Å². The SMILES string of the molecule is CC(C)NCc1cccc(F)c1OCCc1cnn(C)c1. The molecular formula is C16H22FN3O. The zero-order valence-corrected chi connectivity index (χ0v) is 12.8. The molecule has 0 unspecified atom stereocenters. The molecule has 0 atom stereocenters. The van der Waals surface area contributed by atoms with Crippen LogP contribution in [0.2, 0.25) is 0 Å². The third-order valence-electron chi connectivity index (χ3n) is 3.14. The second kappa shape index (κ2) is 7.22. The summed E-state index contributed by atoms with van der Waals surface area (Å²) in [4.78, 5) is 0. The summed E-state index contributed by atoms with van der Waals surface area (Å²) >= 11 is 0. The van der Waals surface area contributed by atoms with Gasteiger partial charge in [-0.25, -0.2) is 4.39 Å². The molecule has 0 bridgehead atoms. The Morgan fingerprint density at radius 1 is 1.38 bits per heavy atom. The van der Waals surface area contributed by atoms with Crippen LogP contribution >= 0.6 is 0 Å². The minimum Gasteiger partial charge on any atom is -0.490 e. The fourth-order valence-electron chi connectivity index (χ4n) is 2.04. The van der Waals surface area contributed by atoms with Crippen molar-refractivity contribution in [3.8, 4) is 5.75 Å². The molecule has 21 heavy (non-hydrogen) atoms. The van der Waals surface area contributed by atoms with Crippen molar-refractivity contribution in [2.75, 3.05) is 6.61 Å². The molecule has 0 spiro atoms. The van der Waals surface area contributed by atoms with Gasteiger partial charge in [0.1, 0.15) is 0 Å². The van der Waals surface area contributed by atoms with Crippen LogP contribution in [0.3, 0.4) is 0 Å². The van der Waals surface area contributed by atoms with Crippen molar-refractivity contribution in [2.45, 2.75) is 32.9 Å². The van der Waals surface area contributed by atoms with Gasteiger partial charge in [0.2, 0.25) is 0 Å². The normalized spacial score (nSPS) is 11.1. The van der Waals surface area contributed by atoms with Gasteiger partial charge in [-0.2, -0.15) is 5.10 Å². The van der Waals surface area contributed by atoms with Crippen LogP contribution in [0.15, 0.2) is 30.6 Å². The maximum absolute atomic E-state index is 13.9. The second-order valence-corrected chi connectivity index (χ2v) is 5.38. The molecule has 0 amide bonds. The molecule has 0 radical (unpaired) electrons. The van der Waals surface area contributed by atoms with Crippen LogP contribution in [0.25, 0.3) is 0 Å². The van der Waals surface area contributed by atoms with E-state index in [0.29, 0.717) is 31.4 Å². The Bertz CT molecular complexity index is 581. The zero-order valence-electron chi connectivity index (χ0n) is 12.8. The number of hydrogen-bond acceptors (Lipinski definition) is 3. The first-order valence-electron chi connectivity index (χ1n) is 7.17. The van der Waals surface area contributed by atoms with E-state index in [1.54, 1.807) is 16.9 Å². The van der Waals surface area contributed by atoms with Gasteiger partial charge in [-0.05, 0) is 11.6 Å². The van der Waals surface area contributed by atoms with Crippen LogP contribution in [0.4, 0.5) is 4.39 Å². The van der Waals surface area contributed by atoms with Crippen molar-refractivity contribution >= 4 is 0 Å². The van der Waals surface area contributed by atoms with Gasteiger partial charge in [0.25, 0.3) is 0 Å². The minimum absolute atomic E-state index is 0.316. The summed E-state index contributed by atoms with van der Waals surface area (Å²) in [7, 11) is 1.87. The minimum atomic E-state index is -0.316. The van der Waals surface area contributed by atoms with Crippen LogP contribution in [0.1, 0.15) is 25.0 Å².